The molecule has 0 aliphatic heterocycles. The van der Waals surface area contributed by atoms with E-state index in [-0.39, 0.29) is 0 Å². The van der Waals surface area contributed by atoms with Crippen LogP contribution in [0, 0.1) is 10.8 Å². The lowest BCUT2D eigenvalue weighted by Gasteiger charge is -2.20. The molecule has 0 spiro atoms. The van der Waals surface area contributed by atoms with Crippen molar-refractivity contribution in [2.45, 2.75) is 0 Å². The zero-order valence-electron chi connectivity index (χ0n) is 32.9. The maximum atomic E-state index is 8.08. The molecule has 1 aliphatic rings. The summed E-state index contributed by atoms with van der Waals surface area (Å²) in [4.78, 5) is 0. The fourth-order valence-corrected chi connectivity index (χ4v) is 9.17. The van der Waals surface area contributed by atoms with E-state index in [0.717, 1.165) is 16.7 Å². The van der Waals surface area contributed by atoms with E-state index in [9.17, 15) is 0 Å². The van der Waals surface area contributed by atoms with Gasteiger partial charge in [-0.25, -0.2) is 0 Å². The summed E-state index contributed by atoms with van der Waals surface area (Å²) >= 11 is 0. The van der Waals surface area contributed by atoms with E-state index < -0.39 is 0 Å². The summed E-state index contributed by atoms with van der Waals surface area (Å²) in [6.45, 7) is 0. The zero-order chi connectivity index (χ0) is 40.4. The molecule has 10 rings (SSSR count). The van der Waals surface area contributed by atoms with Gasteiger partial charge in [-0.2, -0.15) is 0 Å². The monoisotopic (exact) mass is 764 g/mol. The molecule has 0 aromatic heterocycles. The fraction of sp³-hybridized carbons (Fsp3) is 0. The second-order valence-electron chi connectivity index (χ2n) is 15.0. The molecule has 0 fully saturated rings. The van der Waals surface area contributed by atoms with Crippen LogP contribution in [0.25, 0.3) is 105 Å². The van der Waals surface area contributed by atoms with Crippen molar-refractivity contribution in [2.24, 2.45) is 0 Å². The van der Waals surface area contributed by atoms with Crippen LogP contribution in [0.4, 0.5) is 0 Å². The highest BCUT2D eigenvalue weighted by atomic mass is 14.3. The standard InChI is InChI=1S/C58H40N2/c59-37-16-4-2-1-3-7-22-43(38-60)39-29-31-40(32-30-39)44-33-34-47(46-24-13-12-23-45(44)46)48-35-36-53-56-49(48)27-17-28-52(56)57-54(41-18-8-5-9-19-41)50-25-14-15-26-51(50)55(58(53)57)42-20-10-6-11-21-42/h1-38,59-60H/b2-1+,7-3+,16-4-,43-22+,59-37?,60-38?. The van der Waals surface area contributed by atoms with Gasteiger partial charge in [-0.1, -0.05) is 212 Å². The van der Waals surface area contributed by atoms with Crippen LogP contribution in [0.1, 0.15) is 5.56 Å². The number of benzene rings is 9. The van der Waals surface area contributed by atoms with Crippen LogP contribution in [-0.4, -0.2) is 12.4 Å². The molecule has 2 N–H and O–H groups in total. The van der Waals surface area contributed by atoms with Gasteiger partial charge in [0, 0.05) is 12.4 Å². The van der Waals surface area contributed by atoms with Crippen molar-refractivity contribution in [3.05, 3.63) is 224 Å². The number of allylic oxidation sites excluding steroid dienone is 8. The number of fused-ring (bicyclic) bond motifs is 5. The summed E-state index contributed by atoms with van der Waals surface area (Å²) < 4.78 is 0. The molecule has 2 nitrogen and oxygen atoms in total. The number of rotatable bonds is 10. The third kappa shape index (κ3) is 6.23. The summed E-state index contributed by atoms with van der Waals surface area (Å²) in [5, 5.41) is 22.7. The topological polar surface area (TPSA) is 47.7 Å². The molecular weight excluding hydrogens is 725 g/mol. The first-order chi connectivity index (χ1) is 29.7. The van der Waals surface area contributed by atoms with Crippen molar-refractivity contribution in [3.8, 4) is 66.8 Å². The smallest absolute Gasteiger partial charge is 0.0256 e. The van der Waals surface area contributed by atoms with Crippen molar-refractivity contribution in [1.82, 2.24) is 0 Å². The van der Waals surface area contributed by atoms with Crippen molar-refractivity contribution in [1.29, 1.82) is 10.8 Å². The molecule has 0 saturated carbocycles. The van der Waals surface area contributed by atoms with Crippen LogP contribution in [0.2, 0.25) is 0 Å². The predicted octanol–water partition coefficient (Wildman–Crippen LogP) is 15.8. The van der Waals surface area contributed by atoms with Gasteiger partial charge in [0.1, 0.15) is 0 Å². The second kappa shape index (κ2) is 15.8. The summed E-state index contributed by atoms with van der Waals surface area (Å²) in [6, 6.07) is 64.2. The second-order valence-corrected chi connectivity index (χ2v) is 15.0. The van der Waals surface area contributed by atoms with E-state index in [4.69, 9.17) is 10.8 Å². The Morgan fingerprint density at radius 2 is 0.783 bits per heavy atom. The summed E-state index contributed by atoms with van der Waals surface area (Å²) in [6.07, 6.45) is 15.7. The van der Waals surface area contributed by atoms with E-state index in [1.165, 1.54) is 106 Å². The van der Waals surface area contributed by atoms with Gasteiger partial charge in [0.05, 0.1) is 0 Å². The summed E-state index contributed by atoms with van der Waals surface area (Å²) in [5.74, 6) is 0. The van der Waals surface area contributed by atoms with Gasteiger partial charge >= 0.3 is 0 Å². The molecule has 1 aliphatic carbocycles. The summed E-state index contributed by atoms with van der Waals surface area (Å²) in [7, 11) is 0. The minimum absolute atomic E-state index is 0.829. The fourth-order valence-electron chi connectivity index (χ4n) is 9.17. The predicted molar refractivity (Wildman–Crippen MR) is 258 cm³/mol. The SMILES string of the molecule is N=C\C=C/C=C/C=C/C=C(\C=N)c1ccc(-c2ccc(-c3ccc4c5c(cccc35)-c3c-4c(-c4ccccc4)c4ccccc4c3-c3ccccc3)c3ccccc23)cc1. The molecule has 0 amide bonds. The molecule has 9 aromatic carbocycles. The average molecular weight is 765 g/mol. The molecule has 0 saturated heterocycles. The molecule has 0 atom stereocenters. The van der Waals surface area contributed by atoms with Gasteiger partial charge in [-0.15, -0.1) is 0 Å². The van der Waals surface area contributed by atoms with Crippen LogP contribution < -0.4 is 0 Å². The lowest BCUT2D eigenvalue weighted by atomic mass is 9.82. The normalized spacial score (nSPS) is 12.4. The Labute approximate surface area is 350 Å². The van der Waals surface area contributed by atoms with Crippen LogP contribution in [0.5, 0.6) is 0 Å². The maximum Gasteiger partial charge on any atom is 0.0256 e. The van der Waals surface area contributed by atoms with Crippen molar-refractivity contribution >= 4 is 50.3 Å². The van der Waals surface area contributed by atoms with Crippen LogP contribution in [-0.2, 0) is 0 Å². The lowest BCUT2D eigenvalue weighted by molar-refractivity contribution is 1.56. The number of hydrogen-bond acceptors (Lipinski definition) is 2. The highest BCUT2D eigenvalue weighted by molar-refractivity contribution is 6.29. The quantitative estimate of drug-likeness (QED) is 0.103. The average Bonchev–Trinajstić information content (AvgIpc) is 3.64. The number of hydrogen-bond donors (Lipinski definition) is 2. The van der Waals surface area contributed by atoms with Gasteiger partial charge in [0.2, 0.25) is 0 Å². The Kier molecular flexibility index (Phi) is 9.57. The molecule has 0 heterocycles. The van der Waals surface area contributed by atoms with Gasteiger partial charge < -0.3 is 10.8 Å². The molecular formula is C58H40N2. The van der Waals surface area contributed by atoms with Crippen molar-refractivity contribution in [3.63, 3.8) is 0 Å². The first kappa shape index (κ1) is 36.4. The van der Waals surface area contributed by atoms with Crippen LogP contribution in [0.3, 0.4) is 0 Å². The van der Waals surface area contributed by atoms with E-state index in [1.54, 1.807) is 6.08 Å². The molecule has 0 bridgehead atoms. The largest absolute Gasteiger partial charge is 0.309 e. The highest BCUT2D eigenvalue weighted by Gasteiger charge is 2.31. The minimum Gasteiger partial charge on any atom is -0.309 e. The lowest BCUT2D eigenvalue weighted by Crippen LogP contribution is -1.93. The molecule has 0 radical (unpaired) electrons. The van der Waals surface area contributed by atoms with Gasteiger partial charge in [0.15, 0.2) is 0 Å². The van der Waals surface area contributed by atoms with Crippen LogP contribution in [0.15, 0.2) is 218 Å². The van der Waals surface area contributed by atoms with Crippen molar-refractivity contribution < 1.29 is 0 Å². The van der Waals surface area contributed by atoms with Gasteiger partial charge in [0.25, 0.3) is 0 Å². The zero-order valence-corrected chi connectivity index (χ0v) is 32.9. The molecule has 2 heteroatoms. The van der Waals surface area contributed by atoms with Gasteiger partial charge in [-0.05, 0) is 116 Å². The summed E-state index contributed by atoms with van der Waals surface area (Å²) in [5.41, 5.74) is 16.8. The van der Waals surface area contributed by atoms with Gasteiger partial charge in [-0.3, -0.25) is 0 Å². The van der Waals surface area contributed by atoms with E-state index in [1.807, 2.05) is 36.5 Å². The Hall–Kier alpha value is -7.94. The Bertz CT molecular complexity index is 3160. The highest BCUT2D eigenvalue weighted by Crippen LogP contribution is 2.58. The first-order valence-electron chi connectivity index (χ1n) is 20.4. The third-order valence-corrected chi connectivity index (χ3v) is 11.7. The number of nitrogens with one attached hydrogen (secondary N) is 2. The van der Waals surface area contributed by atoms with E-state index >= 15 is 0 Å². The molecule has 282 valence electrons. The minimum atomic E-state index is 0.829. The maximum absolute atomic E-state index is 8.08. The first-order valence-corrected chi connectivity index (χ1v) is 20.4. The van der Waals surface area contributed by atoms with E-state index in [0.29, 0.717) is 0 Å². The van der Waals surface area contributed by atoms with Crippen LogP contribution >= 0.6 is 0 Å². The Morgan fingerprint density at radius 1 is 0.317 bits per heavy atom. The Balaban J connectivity index is 1.12. The Morgan fingerprint density at radius 3 is 1.38 bits per heavy atom. The molecule has 60 heavy (non-hydrogen) atoms. The third-order valence-electron chi connectivity index (χ3n) is 11.7. The molecule has 9 aromatic rings. The van der Waals surface area contributed by atoms with E-state index in [2.05, 4.69) is 176 Å². The molecule has 0 unspecified atom stereocenters. The van der Waals surface area contributed by atoms with Crippen molar-refractivity contribution in [2.75, 3.05) is 0 Å².